The topological polar surface area (TPSA) is 47.6 Å². The maximum atomic E-state index is 11.9. The number of benzene rings is 1. The summed E-state index contributed by atoms with van der Waals surface area (Å²) < 4.78 is 10.2. The zero-order valence-electron chi connectivity index (χ0n) is 9.87. The summed E-state index contributed by atoms with van der Waals surface area (Å²) in [6, 6.07) is 5.19. The van der Waals surface area contributed by atoms with Crippen molar-refractivity contribution < 1.29 is 14.3 Å². The van der Waals surface area contributed by atoms with Crippen molar-refractivity contribution in [1.82, 2.24) is 5.32 Å². The second-order valence-corrected chi connectivity index (χ2v) is 3.27. The van der Waals surface area contributed by atoms with Gasteiger partial charge in [0.05, 0.1) is 26.3 Å². The molecule has 0 aliphatic rings. The van der Waals surface area contributed by atoms with Crippen LogP contribution >= 0.6 is 0 Å². The van der Waals surface area contributed by atoms with Crippen LogP contribution in [0.5, 0.6) is 11.5 Å². The van der Waals surface area contributed by atoms with Crippen molar-refractivity contribution in [3.63, 3.8) is 0 Å². The number of nitrogens with one attached hydrogen (secondary N) is 1. The minimum atomic E-state index is -0.00222. The predicted octanol–water partition coefficient (Wildman–Crippen LogP) is 1.50. The summed E-state index contributed by atoms with van der Waals surface area (Å²) >= 11 is 0. The molecule has 4 heteroatoms. The number of hydrogen-bond donors (Lipinski definition) is 1. The van der Waals surface area contributed by atoms with Crippen molar-refractivity contribution >= 4 is 5.78 Å². The second kappa shape index (κ2) is 6.12. The van der Waals surface area contributed by atoms with Crippen molar-refractivity contribution in [2.45, 2.75) is 6.92 Å². The van der Waals surface area contributed by atoms with Crippen LogP contribution in [-0.4, -0.2) is 33.1 Å². The number of methoxy groups -OCH3 is 2. The summed E-state index contributed by atoms with van der Waals surface area (Å²) in [5.74, 6) is 1.22. The Balaban J connectivity index is 2.94. The van der Waals surface area contributed by atoms with Gasteiger partial charge in [0.1, 0.15) is 11.5 Å². The third-order valence-electron chi connectivity index (χ3n) is 2.24. The number of Topliss-reactive ketones (excluding diaryl/α,β-unsaturated/α-hetero) is 1. The highest BCUT2D eigenvalue weighted by Gasteiger charge is 2.12. The molecule has 0 radical (unpaired) electrons. The van der Waals surface area contributed by atoms with Gasteiger partial charge < -0.3 is 14.8 Å². The lowest BCUT2D eigenvalue weighted by Gasteiger charge is -2.09. The first-order valence-corrected chi connectivity index (χ1v) is 5.18. The van der Waals surface area contributed by atoms with Crippen molar-refractivity contribution in [3.05, 3.63) is 23.8 Å². The standard InChI is InChI=1S/C12H17NO3/c1-4-13-8-11(14)10-7-9(15-2)5-6-12(10)16-3/h5-7,13H,4,8H2,1-3H3. The van der Waals surface area contributed by atoms with Crippen molar-refractivity contribution in [1.29, 1.82) is 0 Å². The third kappa shape index (κ3) is 2.97. The number of carbonyl (C=O) groups is 1. The highest BCUT2D eigenvalue weighted by Crippen LogP contribution is 2.24. The molecule has 1 aromatic rings. The van der Waals surface area contributed by atoms with Gasteiger partial charge in [0, 0.05) is 0 Å². The van der Waals surface area contributed by atoms with Gasteiger partial charge in [0.15, 0.2) is 5.78 Å². The van der Waals surface area contributed by atoms with E-state index in [2.05, 4.69) is 5.32 Å². The molecule has 1 N–H and O–H groups in total. The van der Waals surface area contributed by atoms with Crippen LogP contribution in [0.2, 0.25) is 0 Å². The van der Waals surface area contributed by atoms with Gasteiger partial charge in [-0.3, -0.25) is 4.79 Å². The zero-order chi connectivity index (χ0) is 12.0. The number of carbonyl (C=O) groups excluding carboxylic acids is 1. The summed E-state index contributed by atoms with van der Waals surface area (Å²) in [6.07, 6.45) is 0. The smallest absolute Gasteiger partial charge is 0.180 e. The van der Waals surface area contributed by atoms with Crippen LogP contribution in [-0.2, 0) is 0 Å². The van der Waals surface area contributed by atoms with Gasteiger partial charge >= 0.3 is 0 Å². The molecule has 0 saturated carbocycles. The molecular formula is C12H17NO3. The van der Waals surface area contributed by atoms with Gasteiger partial charge in [-0.25, -0.2) is 0 Å². The number of ketones is 1. The molecule has 1 aromatic carbocycles. The number of rotatable bonds is 6. The van der Waals surface area contributed by atoms with E-state index in [-0.39, 0.29) is 5.78 Å². The van der Waals surface area contributed by atoms with Gasteiger partial charge in [-0.15, -0.1) is 0 Å². The van der Waals surface area contributed by atoms with Gasteiger partial charge in [-0.05, 0) is 24.7 Å². The molecule has 0 heterocycles. The first kappa shape index (κ1) is 12.5. The molecule has 1 rings (SSSR count). The van der Waals surface area contributed by atoms with Crippen molar-refractivity contribution in [2.75, 3.05) is 27.3 Å². The Morgan fingerprint density at radius 1 is 1.31 bits per heavy atom. The molecule has 0 fully saturated rings. The molecule has 0 unspecified atom stereocenters. The van der Waals surface area contributed by atoms with Gasteiger partial charge in [0.2, 0.25) is 0 Å². The summed E-state index contributed by atoms with van der Waals surface area (Å²) in [7, 11) is 3.12. The minimum absolute atomic E-state index is 0.00222. The lowest BCUT2D eigenvalue weighted by Crippen LogP contribution is -2.22. The van der Waals surface area contributed by atoms with Crippen LogP contribution in [0.3, 0.4) is 0 Å². The maximum absolute atomic E-state index is 11.9. The Morgan fingerprint density at radius 3 is 2.62 bits per heavy atom. The number of hydrogen-bond acceptors (Lipinski definition) is 4. The molecule has 0 aromatic heterocycles. The Kier molecular flexibility index (Phi) is 4.79. The van der Waals surface area contributed by atoms with Crippen LogP contribution < -0.4 is 14.8 Å². The second-order valence-electron chi connectivity index (χ2n) is 3.27. The molecule has 0 atom stereocenters. The predicted molar refractivity (Wildman–Crippen MR) is 62.4 cm³/mol. The maximum Gasteiger partial charge on any atom is 0.180 e. The molecule has 0 aliphatic carbocycles. The van der Waals surface area contributed by atoms with E-state index in [1.54, 1.807) is 32.4 Å². The fourth-order valence-electron chi connectivity index (χ4n) is 1.37. The SMILES string of the molecule is CCNCC(=O)c1cc(OC)ccc1OC. The van der Waals surface area contributed by atoms with Crippen LogP contribution in [0.25, 0.3) is 0 Å². The molecule has 16 heavy (non-hydrogen) atoms. The first-order chi connectivity index (χ1) is 7.72. The Morgan fingerprint density at radius 2 is 2.06 bits per heavy atom. The fourth-order valence-corrected chi connectivity index (χ4v) is 1.37. The molecule has 0 aliphatic heterocycles. The molecule has 0 saturated heterocycles. The van der Waals surface area contributed by atoms with Gasteiger partial charge in [-0.1, -0.05) is 6.92 Å². The molecule has 4 nitrogen and oxygen atoms in total. The zero-order valence-corrected chi connectivity index (χ0v) is 9.87. The lowest BCUT2D eigenvalue weighted by atomic mass is 10.1. The Labute approximate surface area is 95.6 Å². The van der Waals surface area contributed by atoms with Crippen molar-refractivity contribution in [3.8, 4) is 11.5 Å². The highest BCUT2D eigenvalue weighted by atomic mass is 16.5. The summed E-state index contributed by atoms with van der Waals surface area (Å²) in [5, 5.41) is 2.99. The van der Waals surface area contributed by atoms with E-state index >= 15 is 0 Å². The Hall–Kier alpha value is -1.55. The quantitative estimate of drug-likeness (QED) is 0.742. The number of ether oxygens (including phenoxy) is 2. The van der Waals surface area contributed by atoms with E-state index in [4.69, 9.17) is 9.47 Å². The largest absolute Gasteiger partial charge is 0.497 e. The van der Waals surface area contributed by atoms with Crippen LogP contribution in [0.1, 0.15) is 17.3 Å². The van der Waals surface area contributed by atoms with E-state index in [0.717, 1.165) is 6.54 Å². The first-order valence-electron chi connectivity index (χ1n) is 5.18. The normalized spacial score (nSPS) is 9.94. The lowest BCUT2D eigenvalue weighted by molar-refractivity contribution is 0.0988. The van der Waals surface area contributed by atoms with E-state index in [1.165, 1.54) is 0 Å². The molecule has 0 bridgehead atoms. The van der Waals surface area contributed by atoms with Crippen LogP contribution in [0, 0.1) is 0 Å². The summed E-state index contributed by atoms with van der Waals surface area (Å²) in [6.45, 7) is 3.02. The third-order valence-corrected chi connectivity index (χ3v) is 2.24. The molecule has 0 spiro atoms. The van der Waals surface area contributed by atoms with E-state index in [9.17, 15) is 4.79 Å². The van der Waals surface area contributed by atoms with Crippen LogP contribution in [0.4, 0.5) is 0 Å². The van der Waals surface area contributed by atoms with Crippen LogP contribution in [0.15, 0.2) is 18.2 Å². The average Bonchev–Trinajstić information content (AvgIpc) is 2.35. The molecular weight excluding hydrogens is 206 g/mol. The van der Waals surface area contributed by atoms with Gasteiger partial charge in [-0.2, -0.15) is 0 Å². The van der Waals surface area contributed by atoms with E-state index in [1.807, 2.05) is 6.92 Å². The van der Waals surface area contributed by atoms with Gasteiger partial charge in [0.25, 0.3) is 0 Å². The highest BCUT2D eigenvalue weighted by molar-refractivity contribution is 6.00. The summed E-state index contributed by atoms with van der Waals surface area (Å²) in [5.41, 5.74) is 0.544. The molecule has 0 amide bonds. The summed E-state index contributed by atoms with van der Waals surface area (Å²) in [4.78, 5) is 11.9. The molecule has 88 valence electrons. The fraction of sp³-hybridized carbons (Fsp3) is 0.417. The Bertz CT molecular complexity index is 363. The minimum Gasteiger partial charge on any atom is -0.497 e. The van der Waals surface area contributed by atoms with Crippen molar-refractivity contribution in [2.24, 2.45) is 0 Å². The van der Waals surface area contributed by atoms with E-state index in [0.29, 0.717) is 23.6 Å². The van der Waals surface area contributed by atoms with E-state index < -0.39 is 0 Å². The number of likely N-dealkylation sites (N-methyl/N-ethyl adjacent to an activating group) is 1. The average molecular weight is 223 g/mol. The monoisotopic (exact) mass is 223 g/mol.